The Morgan fingerprint density at radius 2 is 1.60 bits per heavy atom. The fourth-order valence-corrected chi connectivity index (χ4v) is 2.72. The van der Waals surface area contributed by atoms with Crippen molar-refractivity contribution in [2.24, 2.45) is 5.92 Å². The van der Waals surface area contributed by atoms with Gasteiger partial charge in [-0.2, -0.15) is 0 Å². The van der Waals surface area contributed by atoms with Gasteiger partial charge in [0.25, 0.3) is 0 Å². The maximum Gasteiger partial charge on any atom is 0.317 e. The smallest absolute Gasteiger partial charge is 0.317 e. The Hall–Kier alpha value is -1.26. The molecule has 0 aliphatic heterocycles. The summed E-state index contributed by atoms with van der Waals surface area (Å²) in [7, 11) is 0. The van der Waals surface area contributed by atoms with Gasteiger partial charge in [-0.3, -0.25) is 4.79 Å². The molecule has 5 nitrogen and oxygen atoms in total. The van der Waals surface area contributed by atoms with Gasteiger partial charge < -0.3 is 15.5 Å². The topological polar surface area (TPSA) is 61.4 Å². The molecule has 5 heteroatoms. The maximum absolute atomic E-state index is 11.8. The first-order valence-electron chi connectivity index (χ1n) is 7.96. The van der Waals surface area contributed by atoms with Crippen molar-refractivity contribution in [3.8, 4) is 0 Å². The van der Waals surface area contributed by atoms with Gasteiger partial charge >= 0.3 is 6.03 Å². The summed E-state index contributed by atoms with van der Waals surface area (Å²) < 4.78 is 0. The molecule has 1 aliphatic carbocycles. The van der Waals surface area contributed by atoms with Crippen LogP contribution in [0.1, 0.15) is 52.4 Å². The first-order chi connectivity index (χ1) is 9.67. The average molecular weight is 283 g/mol. The summed E-state index contributed by atoms with van der Waals surface area (Å²) in [4.78, 5) is 25.2. The number of urea groups is 1. The Morgan fingerprint density at radius 1 is 1.00 bits per heavy atom. The number of carbonyl (C=O) groups is 2. The van der Waals surface area contributed by atoms with Gasteiger partial charge in [0.05, 0.1) is 0 Å². The molecule has 0 spiro atoms. The van der Waals surface area contributed by atoms with Gasteiger partial charge in [0.15, 0.2) is 0 Å². The monoisotopic (exact) mass is 283 g/mol. The lowest BCUT2D eigenvalue weighted by Gasteiger charge is -2.21. The third-order valence-corrected chi connectivity index (χ3v) is 3.97. The van der Waals surface area contributed by atoms with Crippen molar-refractivity contribution in [1.29, 1.82) is 0 Å². The van der Waals surface area contributed by atoms with Crippen molar-refractivity contribution in [2.45, 2.75) is 52.4 Å². The Bertz CT molecular complexity index is 297. The lowest BCUT2D eigenvalue weighted by Crippen LogP contribution is -2.43. The molecular weight excluding hydrogens is 254 g/mol. The Balaban J connectivity index is 2.08. The van der Waals surface area contributed by atoms with Crippen LogP contribution in [0.5, 0.6) is 0 Å². The van der Waals surface area contributed by atoms with E-state index in [9.17, 15) is 9.59 Å². The minimum Gasteiger partial charge on any atom is -0.354 e. The van der Waals surface area contributed by atoms with Crippen LogP contribution in [0, 0.1) is 5.92 Å². The molecule has 0 atom stereocenters. The minimum absolute atomic E-state index is 0.0588. The number of hydrogen-bond donors (Lipinski definition) is 2. The molecule has 20 heavy (non-hydrogen) atoms. The molecular formula is C15H29N3O2. The second-order valence-electron chi connectivity index (χ2n) is 5.46. The van der Waals surface area contributed by atoms with Crippen LogP contribution in [-0.2, 0) is 4.79 Å². The summed E-state index contributed by atoms with van der Waals surface area (Å²) in [6.45, 7) is 6.32. The highest BCUT2D eigenvalue weighted by molar-refractivity contribution is 5.76. The van der Waals surface area contributed by atoms with E-state index in [1.165, 1.54) is 32.1 Å². The van der Waals surface area contributed by atoms with E-state index in [0.29, 0.717) is 38.5 Å². The van der Waals surface area contributed by atoms with E-state index in [2.05, 4.69) is 10.6 Å². The predicted octanol–water partition coefficient (Wildman–Crippen LogP) is 2.12. The molecule has 0 aromatic carbocycles. The van der Waals surface area contributed by atoms with E-state index in [0.717, 1.165) is 0 Å². The zero-order chi connectivity index (χ0) is 14.8. The third-order valence-electron chi connectivity index (χ3n) is 3.97. The summed E-state index contributed by atoms with van der Waals surface area (Å²) in [6, 6.07) is -0.0588. The normalized spacial score (nSPS) is 15.7. The lowest BCUT2D eigenvalue weighted by atomic mass is 9.87. The van der Waals surface area contributed by atoms with E-state index in [1.54, 1.807) is 4.90 Å². The van der Waals surface area contributed by atoms with Crippen LogP contribution >= 0.6 is 0 Å². The molecule has 116 valence electrons. The second-order valence-corrected chi connectivity index (χ2v) is 5.46. The number of carbonyl (C=O) groups excluding carboxylic acids is 2. The SMILES string of the molecule is CCN(CC)C(=O)NCCNC(=O)CC1CCCCC1. The van der Waals surface area contributed by atoms with Crippen LogP contribution < -0.4 is 10.6 Å². The van der Waals surface area contributed by atoms with Gasteiger partial charge in [0, 0.05) is 32.6 Å². The molecule has 0 saturated heterocycles. The fraction of sp³-hybridized carbons (Fsp3) is 0.867. The van der Waals surface area contributed by atoms with Crippen LogP contribution in [0.25, 0.3) is 0 Å². The van der Waals surface area contributed by atoms with Crippen LogP contribution in [-0.4, -0.2) is 43.0 Å². The first kappa shape index (κ1) is 16.8. The van der Waals surface area contributed by atoms with Crippen molar-refractivity contribution in [2.75, 3.05) is 26.2 Å². The lowest BCUT2D eigenvalue weighted by molar-refractivity contribution is -0.122. The highest BCUT2D eigenvalue weighted by Gasteiger charge is 2.16. The van der Waals surface area contributed by atoms with Crippen molar-refractivity contribution in [3.05, 3.63) is 0 Å². The molecule has 0 radical (unpaired) electrons. The van der Waals surface area contributed by atoms with Crippen LogP contribution in [0.15, 0.2) is 0 Å². The van der Waals surface area contributed by atoms with Gasteiger partial charge in [0.2, 0.25) is 5.91 Å². The maximum atomic E-state index is 11.8. The zero-order valence-corrected chi connectivity index (χ0v) is 12.9. The van der Waals surface area contributed by atoms with Crippen LogP contribution in [0.3, 0.4) is 0 Å². The highest BCUT2D eigenvalue weighted by Crippen LogP contribution is 2.25. The van der Waals surface area contributed by atoms with Crippen molar-refractivity contribution in [1.82, 2.24) is 15.5 Å². The number of nitrogens with zero attached hydrogens (tertiary/aromatic N) is 1. The number of hydrogen-bond acceptors (Lipinski definition) is 2. The number of amides is 3. The molecule has 0 heterocycles. The molecule has 1 saturated carbocycles. The van der Waals surface area contributed by atoms with E-state index in [-0.39, 0.29) is 11.9 Å². The molecule has 0 aromatic heterocycles. The zero-order valence-electron chi connectivity index (χ0n) is 12.9. The van der Waals surface area contributed by atoms with Crippen LogP contribution in [0.2, 0.25) is 0 Å². The Morgan fingerprint density at radius 3 is 2.20 bits per heavy atom. The molecule has 3 amide bonds. The van der Waals surface area contributed by atoms with E-state index >= 15 is 0 Å². The summed E-state index contributed by atoms with van der Waals surface area (Å²) in [5, 5.41) is 5.70. The molecule has 1 aliphatic rings. The molecule has 1 fully saturated rings. The number of rotatable bonds is 7. The van der Waals surface area contributed by atoms with Crippen molar-refractivity contribution in [3.63, 3.8) is 0 Å². The van der Waals surface area contributed by atoms with Gasteiger partial charge in [0.1, 0.15) is 0 Å². The molecule has 0 aromatic rings. The van der Waals surface area contributed by atoms with Crippen molar-refractivity contribution < 1.29 is 9.59 Å². The third kappa shape index (κ3) is 6.26. The Labute approximate surface area is 122 Å². The first-order valence-corrected chi connectivity index (χ1v) is 7.96. The van der Waals surface area contributed by atoms with Gasteiger partial charge in [-0.05, 0) is 32.6 Å². The predicted molar refractivity (Wildman–Crippen MR) is 80.5 cm³/mol. The molecule has 0 bridgehead atoms. The quantitative estimate of drug-likeness (QED) is 0.703. The van der Waals surface area contributed by atoms with E-state index < -0.39 is 0 Å². The summed E-state index contributed by atoms with van der Waals surface area (Å²) >= 11 is 0. The van der Waals surface area contributed by atoms with Gasteiger partial charge in [-0.15, -0.1) is 0 Å². The van der Waals surface area contributed by atoms with Gasteiger partial charge in [-0.25, -0.2) is 4.79 Å². The largest absolute Gasteiger partial charge is 0.354 e. The second kappa shape index (κ2) is 9.61. The molecule has 1 rings (SSSR count). The molecule has 0 unspecified atom stereocenters. The summed E-state index contributed by atoms with van der Waals surface area (Å²) in [6.07, 6.45) is 6.85. The minimum atomic E-state index is -0.0588. The fourth-order valence-electron chi connectivity index (χ4n) is 2.72. The summed E-state index contributed by atoms with van der Waals surface area (Å²) in [5.41, 5.74) is 0. The number of nitrogens with one attached hydrogen (secondary N) is 2. The standard InChI is InChI=1S/C15H29N3O2/c1-3-18(4-2)15(20)17-11-10-16-14(19)12-13-8-6-5-7-9-13/h13H,3-12H2,1-2H3,(H,16,19)(H,17,20). The van der Waals surface area contributed by atoms with E-state index in [4.69, 9.17) is 0 Å². The molecule has 2 N–H and O–H groups in total. The Kier molecular flexibility index (Phi) is 8.07. The summed E-state index contributed by atoms with van der Waals surface area (Å²) in [5.74, 6) is 0.683. The highest BCUT2D eigenvalue weighted by atomic mass is 16.2. The van der Waals surface area contributed by atoms with Crippen LogP contribution in [0.4, 0.5) is 4.79 Å². The van der Waals surface area contributed by atoms with Crippen molar-refractivity contribution >= 4 is 11.9 Å². The van der Waals surface area contributed by atoms with E-state index in [1.807, 2.05) is 13.8 Å². The average Bonchev–Trinajstić information content (AvgIpc) is 2.46. The van der Waals surface area contributed by atoms with Gasteiger partial charge in [-0.1, -0.05) is 19.3 Å².